The Bertz CT molecular complexity index is 381. The van der Waals surface area contributed by atoms with E-state index in [0.717, 1.165) is 38.5 Å². The molecule has 0 aliphatic rings. The van der Waals surface area contributed by atoms with Gasteiger partial charge in [-0.05, 0) is 25.7 Å². The van der Waals surface area contributed by atoms with Crippen LogP contribution in [0.2, 0.25) is 0 Å². The van der Waals surface area contributed by atoms with Crippen LogP contribution in [0.3, 0.4) is 0 Å². The summed E-state index contributed by atoms with van der Waals surface area (Å²) in [6.07, 6.45) is 20.6. The summed E-state index contributed by atoms with van der Waals surface area (Å²) < 4.78 is 10.4. The van der Waals surface area contributed by atoms with Gasteiger partial charge in [-0.3, -0.25) is 0 Å². The lowest BCUT2D eigenvalue weighted by molar-refractivity contribution is 0.141. The molecule has 0 atom stereocenters. The van der Waals surface area contributed by atoms with Crippen molar-refractivity contribution in [1.29, 1.82) is 0 Å². The zero-order valence-corrected chi connectivity index (χ0v) is 21.2. The molecular formula is C26H52N2O4. The first-order valence-corrected chi connectivity index (χ1v) is 13.5. The van der Waals surface area contributed by atoms with E-state index in [1.807, 2.05) is 0 Å². The van der Waals surface area contributed by atoms with E-state index in [9.17, 15) is 9.59 Å². The van der Waals surface area contributed by atoms with E-state index < -0.39 is 0 Å². The van der Waals surface area contributed by atoms with Gasteiger partial charge < -0.3 is 20.1 Å². The Morgan fingerprint density at radius 3 is 1.12 bits per heavy atom. The fraction of sp³-hybridized carbons (Fsp3) is 0.923. The van der Waals surface area contributed by atoms with Gasteiger partial charge >= 0.3 is 12.2 Å². The highest BCUT2D eigenvalue weighted by atomic mass is 16.6. The predicted octanol–water partition coefficient (Wildman–Crippen LogP) is 7.50. The number of amides is 2. The largest absolute Gasteiger partial charge is 0.450 e. The maximum Gasteiger partial charge on any atom is 0.407 e. The van der Waals surface area contributed by atoms with Gasteiger partial charge in [0.25, 0.3) is 0 Å². The quantitative estimate of drug-likeness (QED) is 0.156. The molecule has 0 saturated carbocycles. The average molecular weight is 457 g/mol. The minimum Gasteiger partial charge on any atom is -0.450 e. The van der Waals surface area contributed by atoms with E-state index >= 15 is 0 Å². The van der Waals surface area contributed by atoms with E-state index in [1.165, 1.54) is 77.0 Å². The van der Waals surface area contributed by atoms with Gasteiger partial charge in [-0.25, -0.2) is 9.59 Å². The highest BCUT2D eigenvalue weighted by Crippen LogP contribution is 2.09. The van der Waals surface area contributed by atoms with E-state index in [4.69, 9.17) is 9.47 Å². The van der Waals surface area contributed by atoms with Crippen LogP contribution in [-0.2, 0) is 9.47 Å². The van der Waals surface area contributed by atoms with E-state index in [-0.39, 0.29) is 12.2 Å². The van der Waals surface area contributed by atoms with Crippen molar-refractivity contribution in [3.8, 4) is 0 Å². The monoisotopic (exact) mass is 456 g/mol. The summed E-state index contributed by atoms with van der Waals surface area (Å²) in [5.74, 6) is 0. The number of hydrogen-bond acceptors (Lipinski definition) is 4. The van der Waals surface area contributed by atoms with Gasteiger partial charge in [-0.2, -0.15) is 0 Å². The van der Waals surface area contributed by atoms with E-state index in [1.54, 1.807) is 0 Å². The molecule has 0 aliphatic heterocycles. The maximum absolute atomic E-state index is 11.6. The Balaban J connectivity index is 3.27. The van der Waals surface area contributed by atoms with Crippen LogP contribution in [0, 0.1) is 0 Å². The summed E-state index contributed by atoms with van der Waals surface area (Å²) in [4.78, 5) is 23.3. The normalized spacial score (nSPS) is 10.7. The summed E-state index contributed by atoms with van der Waals surface area (Å²) in [5.41, 5.74) is 0. The van der Waals surface area contributed by atoms with Crippen molar-refractivity contribution in [2.24, 2.45) is 0 Å². The second kappa shape index (κ2) is 25.8. The van der Waals surface area contributed by atoms with Crippen molar-refractivity contribution in [1.82, 2.24) is 10.6 Å². The van der Waals surface area contributed by atoms with Gasteiger partial charge in [0.15, 0.2) is 0 Å². The summed E-state index contributed by atoms with van der Waals surface area (Å²) in [7, 11) is 0. The van der Waals surface area contributed by atoms with Crippen molar-refractivity contribution < 1.29 is 19.1 Å². The van der Waals surface area contributed by atoms with Crippen LogP contribution in [0.1, 0.15) is 129 Å². The number of carbonyl (C=O) groups is 2. The Labute approximate surface area is 198 Å². The van der Waals surface area contributed by atoms with Crippen LogP contribution in [0.5, 0.6) is 0 Å². The summed E-state index contributed by atoms with van der Waals surface area (Å²) in [6.45, 7) is 6.57. The Morgan fingerprint density at radius 1 is 0.469 bits per heavy atom. The average Bonchev–Trinajstić information content (AvgIpc) is 2.79. The van der Waals surface area contributed by atoms with E-state index in [2.05, 4.69) is 24.5 Å². The van der Waals surface area contributed by atoms with Gasteiger partial charge in [0, 0.05) is 13.1 Å². The van der Waals surface area contributed by atoms with Crippen molar-refractivity contribution in [3.05, 3.63) is 0 Å². The SMILES string of the molecule is CCCCCCCCCCOC(=O)NCCCCNC(=O)OCCCCCCCCCC. The molecule has 6 heteroatoms. The summed E-state index contributed by atoms with van der Waals surface area (Å²) in [5, 5.41) is 5.52. The Hall–Kier alpha value is -1.46. The van der Waals surface area contributed by atoms with E-state index in [0.29, 0.717) is 26.3 Å². The standard InChI is InChI=1S/C26H52N2O4/c1-3-5-7-9-11-13-15-19-23-31-25(29)27-21-17-18-22-28-26(30)32-24-20-16-14-12-10-8-6-4-2/h3-24H2,1-2H3,(H,27,29)(H,28,30). The molecule has 0 aromatic heterocycles. The number of alkyl carbamates (subject to hydrolysis) is 2. The van der Waals surface area contributed by atoms with Crippen molar-refractivity contribution in [3.63, 3.8) is 0 Å². The van der Waals surface area contributed by atoms with Gasteiger partial charge in [0.2, 0.25) is 0 Å². The first kappa shape index (κ1) is 30.5. The fourth-order valence-electron chi connectivity index (χ4n) is 3.53. The molecule has 0 aliphatic carbocycles. The topological polar surface area (TPSA) is 76.7 Å². The Kier molecular flexibility index (Phi) is 24.6. The molecule has 0 bridgehead atoms. The number of carbonyl (C=O) groups excluding carboxylic acids is 2. The minimum absolute atomic E-state index is 0.342. The molecule has 32 heavy (non-hydrogen) atoms. The fourth-order valence-corrected chi connectivity index (χ4v) is 3.53. The highest BCUT2D eigenvalue weighted by molar-refractivity contribution is 5.67. The third-order valence-corrected chi connectivity index (χ3v) is 5.60. The van der Waals surface area contributed by atoms with Gasteiger partial charge in [-0.1, -0.05) is 104 Å². The molecule has 0 unspecified atom stereocenters. The Morgan fingerprint density at radius 2 is 0.781 bits per heavy atom. The first-order valence-electron chi connectivity index (χ1n) is 13.5. The second-order valence-corrected chi connectivity index (χ2v) is 8.78. The zero-order valence-electron chi connectivity index (χ0n) is 21.2. The lowest BCUT2D eigenvalue weighted by Gasteiger charge is -2.08. The maximum atomic E-state index is 11.6. The number of hydrogen-bond donors (Lipinski definition) is 2. The molecule has 0 aromatic rings. The molecule has 6 nitrogen and oxygen atoms in total. The van der Waals surface area contributed by atoms with Gasteiger partial charge in [0.05, 0.1) is 13.2 Å². The molecule has 0 fully saturated rings. The van der Waals surface area contributed by atoms with Crippen molar-refractivity contribution in [2.75, 3.05) is 26.3 Å². The summed E-state index contributed by atoms with van der Waals surface area (Å²) in [6, 6.07) is 0. The van der Waals surface area contributed by atoms with Crippen LogP contribution in [0.25, 0.3) is 0 Å². The number of nitrogens with one attached hydrogen (secondary N) is 2. The molecule has 2 N–H and O–H groups in total. The third-order valence-electron chi connectivity index (χ3n) is 5.60. The number of unbranched alkanes of at least 4 members (excludes halogenated alkanes) is 15. The molecule has 0 radical (unpaired) electrons. The molecule has 0 heterocycles. The molecule has 0 aromatic carbocycles. The second-order valence-electron chi connectivity index (χ2n) is 8.78. The van der Waals surface area contributed by atoms with Crippen LogP contribution >= 0.6 is 0 Å². The smallest absolute Gasteiger partial charge is 0.407 e. The van der Waals surface area contributed by atoms with Crippen LogP contribution in [0.4, 0.5) is 9.59 Å². The lowest BCUT2D eigenvalue weighted by atomic mass is 10.1. The van der Waals surface area contributed by atoms with Crippen molar-refractivity contribution in [2.45, 2.75) is 129 Å². The third kappa shape index (κ3) is 24.8. The molecule has 0 saturated heterocycles. The van der Waals surface area contributed by atoms with Crippen molar-refractivity contribution >= 4 is 12.2 Å². The lowest BCUT2D eigenvalue weighted by Crippen LogP contribution is -2.28. The molecule has 0 spiro atoms. The number of ether oxygens (including phenoxy) is 2. The first-order chi connectivity index (χ1) is 15.7. The zero-order chi connectivity index (χ0) is 23.5. The molecule has 190 valence electrons. The summed E-state index contributed by atoms with van der Waals surface area (Å²) >= 11 is 0. The number of rotatable bonds is 23. The van der Waals surface area contributed by atoms with Crippen LogP contribution < -0.4 is 10.6 Å². The van der Waals surface area contributed by atoms with Gasteiger partial charge in [0.1, 0.15) is 0 Å². The highest BCUT2D eigenvalue weighted by Gasteiger charge is 2.03. The molecule has 2 amide bonds. The van der Waals surface area contributed by atoms with Crippen LogP contribution in [-0.4, -0.2) is 38.5 Å². The molecule has 0 rings (SSSR count). The predicted molar refractivity (Wildman–Crippen MR) is 133 cm³/mol. The minimum atomic E-state index is -0.342. The van der Waals surface area contributed by atoms with Crippen LogP contribution in [0.15, 0.2) is 0 Å². The molecular weight excluding hydrogens is 404 g/mol. The van der Waals surface area contributed by atoms with Gasteiger partial charge in [-0.15, -0.1) is 0 Å².